The number of hydrogen-bond donors (Lipinski definition) is 2. The van der Waals surface area contributed by atoms with Gasteiger partial charge in [0, 0.05) is 5.02 Å². The van der Waals surface area contributed by atoms with Crippen LogP contribution in [0.25, 0.3) is 0 Å². The monoisotopic (exact) mass is 400 g/mol. The number of aryl methyl sites for hydroxylation is 2. The molecule has 2 N–H and O–H groups in total. The standard InChI is InChI=1S/C21H21ClN2O4/c1-11-9-13(22)10-12(2)17(11)28-14-5-7-21(8-6-14)18-15(24-20(21)27)3-4-16(23-18)19(25)26/h3-4,9-10,14H,5-8H2,1-2H3,(H,24,27)(H,25,26). The van der Waals surface area contributed by atoms with Gasteiger partial charge in [0.05, 0.1) is 22.9 Å². The summed E-state index contributed by atoms with van der Waals surface area (Å²) >= 11 is 6.10. The molecule has 0 bridgehead atoms. The molecule has 6 nitrogen and oxygen atoms in total. The normalized spacial score (nSPS) is 23.4. The second-order valence-electron chi connectivity index (χ2n) is 7.62. The van der Waals surface area contributed by atoms with E-state index in [2.05, 4.69) is 10.3 Å². The van der Waals surface area contributed by atoms with E-state index in [0.29, 0.717) is 42.1 Å². The smallest absolute Gasteiger partial charge is 0.354 e. The van der Waals surface area contributed by atoms with Crippen LogP contribution < -0.4 is 10.1 Å². The Hall–Kier alpha value is -2.60. The van der Waals surface area contributed by atoms with Crippen molar-refractivity contribution >= 4 is 29.2 Å². The molecule has 1 saturated carbocycles. The molecule has 0 radical (unpaired) electrons. The fourth-order valence-electron chi connectivity index (χ4n) is 4.31. The molecule has 0 saturated heterocycles. The number of rotatable bonds is 3. The maximum Gasteiger partial charge on any atom is 0.354 e. The second kappa shape index (κ2) is 6.78. The van der Waals surface area contributed by atoms with Gasteiger partial charge in [-0.1, -0.05) is 11.6 Å². The Labute approximate surface area is 167 Å². The summed E-state index contributed by atoms with van der Waals surface area (Å²) in [4.78, 5) is 28.3. The fraction of sp³-hybridized carbons (Fsp3) is 0.381. The lowest BCUT2D eigenvalue weighted by Gasteiger charge is -2.35. The van der Waals surface area contributed by atoms with E-state index in [1.165, 1.54) is 6.07 Å². The van der Waals surface area contributed by atoms with Gasteiger partial charge in [0.25, 0.3) is 0 Å². The van der Waals surface area contributed by atoms with Crippen LogP contribution in [0.1, 0.15) is 53.0 Å². The molecule has 2 heterocycles. The molecule has 1 amide bonds. The molecule has 1 spiro atoms. The highest BCUT2D eigenvalue weighted by Crippen LogP contribution is 2.47. The summed E-state index contributed by atoms with van der Waals surface area (Å²) in [5.74, 6) is -0.356. The molecular weight excluding hydrogens is 380 g/mol. The number of ether oxygens (including phenoxy) is 1. The van der Waals surface area contributed by atoms with Gasteiger partial charge in [-0.2, -0.15) is 0 Å². The number of aromatic carboxylic acids is 1. The first kappa shape index (κ1) is 18.7. The third kappa shape index (κ3) is 3.02. The number of pyridine rings is 1. The van der Waals surface area contributed by atoms with E-state index in [9.17, 15) is 14.7 Å². The predicted octanol–water partition coefficient (Wildman–Crippen LogP) is 4.26. The van der Waals surface area contributed by atoms with Crippen LogP contribution >= 0.6 is 11.6 Å². The zero-order valence-electron chi connectivity index (χ0n) is 15.7. The Balaban J connectivity index is 1.56. The second-order valence-corrected chi connectivity index (χ2v) is 8.06. The van der Waals surface area contributed by atoms with Gasteiger partial charge < -0.3 is 15.2 Å². The van der Waals surface area contributed by atoms with Gasteiger partial charge in [-0.25, -0.2) is 9.78 Å². The number of amides is 1. The molecule has 1 aromatic heterocycles. The number of nitrogens with zero attached hydrogens (tertiary/aromatic N) is 1. The highest BCUT2D eigenvalue weighted by Gasteiger charge is 2.50. The van der Waals surface area contributed by atoms with E-state index in [0.717, 1.165) is 16.9 Å². The van der Waals surface area contributed by atoms with Crippen molar-refractivity contribution in [1.82, 2.24) is 4.98 Å². The quantitative estimate of drug-likeness (QED) is 0.803. The number of carbonyl (C=O) groups is 2. The Bertz CT molecular complexity index is 957. The van der Waals surface area contributed by atoms with E-state index in [1.807, 2.05) is 26.0 Å². The van der Waals surface area contributed by atoms with E-state index in [1.54, 1.807) is 6.07 Å². The first-order valence-electron chi connectivity index (χ1n) is 9.30. The lowest BCUT2D eigenvalue weighted by Crippen LogP contribution is -2.41. The van der Waals surface area contributed by atoms with Gasteiger partial charge in [0.2, 0.25) is 5.91 Å². The van der Waals surface area contributed by atoms with E-state index in [4.69, 9.17) is 16.3 Å². The summed E-state index contributed by atoms with van der Waals surface area (Å²) in [5.41, 5.74) is 2.32. The van der Waals surface area contributed by atoms with E-state index >= 15 is 0 Å². The Morgan fingerprint density at radius 3 is 2.50 bits per heavy atom. The minimum atomic E-state index is -1.09. The van der Waals surface area contributed by atoms with Crippen LogP contribution in [0.5, 0.6) is 5.75 Å². The Morgan fingerprint density at radius 2 is 1.89 bits per heavy atom. The number of aromatic nitrogens is 1. The van der Waals surface area contributed by atoms with Crippen molar-refractivity contribution in [2.24, 2.45) is 0 Å². The number of carbonyl (C=O) groups excluding carboxylic acids is 1. The van der Waals surface area contributed by atoms with Gasteiger partial charge >= 0.3 is 5.97 Å². The average Bonchev–Trinajstić information content (AvgIpc) is 2.91. The van der Waals surface area contributed by atoms with Gasteiger partial charge in [0.15, 0.2) is 0 Å². The summed E-state index contributed by atoms with van der Waals surface area (Å²) in [6, 6.07) is 6.81. The van der Waals surface area contributed by atoms with Crippen LogP contribution in [0.15, 0.2) is 24.3 Å². The number of benzene rings is 1. The third-order valence-electron chi connectivity index (χ3n) is 5.75. The zero-order chi connectivity index (χ0) is 20.1. The molecule has 7 heteroatoms. The summed E-state index contributed by atoms with van der Waals surface area (Å²) in [5, 5.41) is 12.8. The summed E-state index contributed by atoms with van der Waals surface area (Å²) in [6.45, 7) is 3.94. The molecular formula is C21H21ClN2O4. The highest BCUT2D eigenvalue weighted by molar-refractivity contribution is 6.30. The van der Waals surface area contributed by atoms with Crippen molar-refractivity contribution in [2.75, 3.05) is 5.32 Å². The molecule has 0 unspecified atom stereocenters. The molecule has 28 heavy (non-hydrogen) atoms. The Morgan fingerprint density at radius 1 is 1.25 bits per heavy atom. The van der Waals surface area contributed by atoms with Gasteiger partial charge in [-0.15, -0.1) is 0 Å². The van der Waals surface area contributed by atoms with Crippen molar-refractivity contribution in [3.8, 4) is 5.75 Å². The lowest BCUT2D eigenvalue weighted by atomic mass is 9.71. The maximum atomic E-state index is 12.7. The molecule has 1 aliphatic heterocycles. The van der Waals surface area contributed by atoms with Crippen molar-refractivity contribution in [3.05, 3.63) is 51.8 Å². The van der Waals surface area contributed by atoms with E-state index < -0.39 is 11.4 Å². The molecule has 2 aromatic rings. The number of carboxylic acids is 1. The van der Waals surface area contributed by atoms with Crippen LogP contribution in [0, 0.1) is 13.8 Å². The number of halogens is 1. The largest absolute Gasteiger partial charge is 0.490 e. The number of nitrogens with one attached hydrogen (secondary N) is 1. The van der Waals surface area contributed by atoms with Gasteiger partial charge in [-0.3, -0.25) is 4.79 Å². The summed E-state index contributed by atoms with van der Waals surface area (Å²) in [6.07, 6.45) is 2.50. The van der Waals surface area contributed by atoms with Crippen molar-refractivity contribution in [1.29, 1.82) is 0 Å². The van der Waals surface area contributed by atoms with Crippen LogP contribution in [0.3, 0.4) is 0 Å². The van der Waals surface area contributed by atoms with Crippen molar-refractivity contribution < 1.29 is 19.4 Å². The fourth-order valence-corrected chi connectivity index (χ4v) is 4.64. The average molecular weight is 401 g/mol. The predicted molar refractivity (Wildman–Crippen MR) is 105 cm³/mol. The van der Waals surface area contributed by atoms with Gasteiger partial charge in [-0.05, 0) is 74.9 Å². The first-order valence-corrected chi connectivity index (χ1v) is 9.67. The van der Waals surface area contributed by atoms with Crippen LogP contribution in [-0.4, -0.2) is 28.1 Å². The number of hydrogen-bond acceptors (Lipinski definition) is 4. The molecule has 146 valence electrons. The van der Waals surface area contributed by atoms with Gasteiger partial charge in [0.1, 0.15) is 11.4 Å². The molecule has 1 aromatic carbocycles. The summed E-state index contributed by atoms with van der Waals surface area (Å²) < 4.78 is 6.25. The lowest BCUT2D eigenvalue weighted by molar-refractivity contribution is -0.122. The molecule has 1 aliphatic carbocycles. The zero-order valence-corrected chi connectivity index (χ0v) is 16.5. The minimum absolute atomic E-state index is 0.0105. The van der Waals surface area contributed by atoms with Crippen molar-refractivity contribution in [3.63, 3.8) is 0 Å². The van der Waals surface area contributed by atoms with Crippen LogP contribution in [0.2, 0.25) is 5.02 Å². The third-order valence-corrected chi connectivity index (χ3v) is 5.96. The highest BCUT2D eigenvalue weighted by atomic mass is 35.5. The molecule has 4 rings (SSSR count). The topological polar surface area (TPSA) is 88.5 Å². The van der Waals surface area contributed by atoms with Crippen LogP contribution in [0.4, 0.5) is 5.69 Å². The van der Waals surface area contributed by atoms with E-state index in [-0.39, 0.29) is 17.7 Å². The number of carboxylic acid groups (broad SMARTS) is 1. The maximum absolute atomic E-state index is 12.7. The minimum Gasteiger partial charge on any atom is -0.490 e. The molecule has 0 atom stereocenters. The Kier molecular flexibility index (Phi) is 4.54. The summed E-state index contributed by atoms with van der Waals surface area (Å²) in [7, 11) is 0. The SMILES string of the molecule is Cc1cc(Cl)cc(C)c1OC1CCC2(CC1)C(=O)Nc1ccc(C(=O)O)nc12. The van der Waals surface area contributed by atoms with Crippen molar-refractivity contribution in [2.45, 2.75) is 51.0 Å². The molecule has 1 fully saturated rings. The molecule has 2 aliphatic rings. The number of fused-ring (bicyclic) bond motifs is 2. The first-order chi connectivity index (χ1) is 13.3. The van der Waals surface area contributed by atoms with Crippen LogP contribution in [-0.2, 0) is 10.2 Å². The number of anilines is 1.